The maximum Gasteiger partial charge on any atom is 0.193 e. The summed E-state index contributed by atoms with van der Waals surface area (Å²) in [5, 5.41) is 0. The number of hydrogen-bond acceptors (Lipinski definition) is 2. The van der Waals surface area contributed by atoms with Gasteiger partial charge in [-0.3, -0.25) is 4.79 Å². The summed E-state index contributed by atoms with van der Waals surface area (Å²) in [7, 11) is 1.66. The molecular formula is C23H26O2. The fourth-order valence-corrected chi connectivity index (χ4v) is 3.76. The first-order chi connectivity index (χ1) is 11.9. The zero-order valence-electron chi connectivity index (χ0n) is 15.8. The number of ether oxygens (including phenoxy) is 1. The minimum Gasteiger partial charge on any atom is -0.497 e. The Morgan fingerprint density at radius 1 is 1.04 bits per heavy atom. The molecule has 0 aliphatic heterocycles. The largest absolute Gasteiger partial charge is 0.497 e. The van der Waals surface area contributed by atoms with Crippen LogP contribution in [0.5, 0.6) is 5.75 Å². The minimum atomic E-state index is -0.216. The van der Waals surface area contributed by atoms with Crippen molar-refractivity contribution in [1.82, 2.24) is 0 Å². The molecule has 0 aromatic heterocycles. The first-order valence-corrected chi connectivity index (χ1v) is 8.94. The molecule has 0 atom stereocenters. The van der Waals surface area contributed by atoms with Crippen molar-refractivity contribution in [3.05, 3.63) is 70.3 Å². The number of fused-ring (bicyclic) bond motifs is 1. The highest BCUT2D eigenvalue weighted by Gasteiger charge is 2.37. The molecule has 130 valence electrons. The van der Waals surface area contributed by atoms with Crippen LogP contribution in [0.15, 0.2) is 48.0 Å². The third-order valence-corrected chi connectivity index (χ3v) is 5.49. The van der Waals surface area contributed by atoms with Gasteiger partial charge in [-0.05, 0) is 48.2 Å². The number of Topliss-reactive ketones (excluding diaryl/α,β-unsaturated/α-hetero) is 1. The highest BCUT2D eigenvalue weighted by Crippen LogP contribution is 2.45. The Labute approximate surface area is 150 Å². The maximum atomic E-state index is 13.4. The molecule has 0 radical (unpaired) electrons. The number of aryl methyl sites for hydroxylation is 1. The van der Waals surface area contributed by atoms with E-state index >= 15 is 0 Å². The van der Waals surface area contributed by atoms with Gasteiger partial charge in [-0.2, -0.15) is 0 Å². The van der Waals surface area contributed by atoms with Gasteiger partial charge in [0.25, 0.3) is 0 Å². The predicted molar refractivity (Wildman–Crippen MR) is 103 cm³/mol. The van der Waals surface area contributed by atoms with E-state index in [-0.39, 0.29) is 11.2 Å². The van der Waals surface area contributed by atoms with Gasteiger partial charge >= 0.3 is 0 Å². The molecule has 0 spiro atoms. The van der Waals surface area contributed by atoms with Crippen molar-refractivity contribution < 1.29 is 9.53 Å². The Hall–Kier alpha value is -2.35. The van der Waals surface area contributed by atoms with Gasteiger partial charge < -0.3 is 4.74 Å². The second kappa shape index (κ2) is 6.51. The standard InChI is InChI=1S/C23H26O2/c1-6-9-16-10-7-8-11-18(16)21-15(2)23(3,4)20-14-17(25-5)12-13-19(20)22(21)24/h7-8,10-14H,6,9H2,1-5H3. The van der Waals surface area contributed by atoms with E-state index in [1.54, 1.807) is 7.11 Å². The van der Waals surface area contributed by atoms with Crippen LogP contribution >= 0.6 is 0 Å². The van der Waals surface area contributed by atoms with Crippen molar-refractivity contribution in [2.45, 2.75) is 46.0 Å². The predicted octanol–water partition coefficient (Wildman–Crippen LogP) is 5.60. The topological polar surface area (TPSA) is 26.3 Å². The van der Waals surface area contributed by atoms with Crippen molar-refractivity contribution in [2.24, 2.45) is 0 Å². The number of ketones is 1. The Bertz CT molecular complexity index is 856. The van der Waals surface area contributed by atoms with Crippen LogP contribution in [-0.2, 0) is 11.8 Å². The molecule has 0 heterocycles. The van der Waals surface area contributed by atoms with Gasteiger partial charge in [-0.15, -0.1) is 0 Å². The Kier molecular flexibility index (Phi) is 4.55. The summed E-state index contributed by atoms with van der Waals surface area (Å²) in [6.07, 6.45) is 2.05. The maximum absolute atomic E-state index is 13.4. The second-order valence-electron chi connectivity index (χ2n) is 7.27. The third kappa shape index (κ3) is 2.80. The normalized spacial score (nSPS) is 16.0. The van der Waals surface area contributed by atoms with E-state index in [9.17, 15) is 4.79 Å². The lowest BCUT2D eigenvalue weighted by Gasteiger charge is -2.35. The number of allylic oxidation sites excluding steroid dienone is 2. The van der Waals surface area contributed by atoms with Gasteiger partial charge in [0.2, 0.25) is 0 Å². The van der Waals surface area contributed by atoms with Crippen LogP contribution in [-0.4, -0.2) is 12.9 Å². The van der Waals surface area contributed by atoms with Crippen LogP contribution in [0, 0.1) is 0 Å². The summed E-state index contributed by atoms with van der Waals surface area (Å²) in [6.45, 7) is 8.65. The molecule has 3 rings (SSSR count). The molecule has 2 nitrogen and oxygen atoms in total. The van der Waals surface area contributed by atoms with Crippen LogP contribution in [0.4, 0.5) is 0 Å². The van der Waals surface area contributed by atoms with E-state index in [0.29, 0.717) is 0 Å². The summed E-state index contributed by atoms with van der Waals surface area (Å²) < 4.78 is 5.38. The molecule has 0 bridgehead atoms. The highest BCUT2D eigenvalue weighted by molar-refractivity contribution is 6.32. The second-order valence-corrected chi connectivity index (χ2v) is 7.27. The lowest BCUT2D eigenvalue weighted by molar-refractivity contribution is 0.105. The van der Waals surface area contributed by atoms with E-state index in [1.165, 1.54) is 5.56 Å². The lowest BCUT2D eigenvalue weighted by Crippen LogP contribution is -2.30. The molecule has 25 heavy (non-hydrogen) atoms. The monoisotopic (exact) mass is 334 g/mol. The van der Waals surface area contributed by atoms with Crippen molar-refractivity contribution >= 4 is 11.4 Å². The zero-order valence-corrected chi connectivity index (χ0v) is 15.8. The fraction of sp³-hybridized carbons (Fsp3) is 0.348. The van der Waals surface area contributed by atoms with Crippen LogP contribution in [0.3, 0.4) is 0 Å². The molecule has 2 aromatic rings. The average molecular weight is 334 g/mol. The van der Waals surface area contributed by atoms with Crippen LogP contribution in [0.25, 0.3) is 5.57 Å². The highest BCUT2D eigenvalue weighted by atomic mass is 16.5. The van der Waals surface area contributed by atoms with Gasteiger partial charge in [-0.25, -0.2) is 0 Å². The van der Waals surface area contributed by atoms with Crippen LogP contribution in [0.1, 0.15) is 61.2 Å². The van der Waals surface area contributed by atoms with E-state index < -0.39 is 0 Å². The summed E-state index contributed by atoms with van der Waals surface area (Å²) in [6, 6.07) is 14.1. The van der Waals surface area contributed by atoms with Gasteiger partial charge in [0.05, 0.1) is 7.11 Å². The Morgan fingerprint density at radius 2 is 1.76 bits per heavy atom. The van der Waals surface area contributed by atoms with Crippen molar-refractivity contribution in [3.63, 3.8) is 0 Å². The zero-order chi connectivity index (χ0) is 18.2. The molecule has 0 unspecified atom stereocenters. The molecule has 1 aliphatic rings. The average Bonchev–Trinajstić information content (AvgIpc) is 2.61. The molecule has 2 aromatic carbocycles. The van der Waals surface area contributed by atoms with E-state index in [0.717, 1.165) is 46.4 Å². The van der Waals surface area contributed by atoms with Gasteiger partial charge in [0.1, 0.15) is 5.75 Å². The molecule has 0 fully saturated rings. The van der Waals surface area contributed by atoms with Crippen molar-refractivity contribution in [3.8, 4) is 5.75 Å². The summed E-state index contributed by atoms with van der Waals surface area (Å²) in [4.78, 5) is 13.4. The van der Waals surface area contributed by atoms with Gasteiger partial charge in [-0.1, -0.05) is 57.0 Å². The molecule has 1 aliphatic carbocycles. The van der Waals surface area contributed by atoms with E-state index in [2.05, 4.69) is 45.9 Å². The number of carbonyl (C=O) groups excluding carboxylic acids is 1. The molecule has 0 N–H and O–H groups in total. The molecular weight excluding hydrogens is 308 g/mol. The van der Waals surface area contributed by atoms with Crippen LogP contribution in [0.2, 0.25) is 0 Å². The first kappa shape index (κ1) is 17.5. The molecule has 2 heteroatoms. The summed E-state index contributed by atoms with van der Waals surface area (Å²) in [5.74, 6) is 0.917. The van der Waals surface area contributed by atoms with E-state index in [1.807, 2.05) is 24.3 Å². The fourth-order valence-electron chi connectivity index (χ4n) is 3.76. The van der Waals surface area contributed by atoms with Crippen molar-refractivity contribution in [1.29, 1.82) is 0 Å². The quantitative estimate of drug-likeness (QED) is 0.728. The third-order valence-electron chi connectivity index (χ3n) is 5.49. The Balaban J connectivity index is 2.24. The van der Waals surface area contributed by atoms with Gasteiger partial charge in [0.15, 0.2) is 5.78 Å². The van der Waals surface area contributed by atoms with Gasteiger partial charge in [0, 0.05) is 16.6 Å². The molecule has 0 saturated carbocycles. The molecule has 0 amide bonds. The number of carbonyl (C=O) groups is 1. The number of methoxy groups -OCH3 is 1. The first-order valence-electron chi connectivity index (χ1n) is 8.94. The number of rotatable bonds is 4. The Morgan fingerprint density at radius 3 is 2.44 bits per heavy atom. The lowest BCUT2D eigenvalue weighted by atomic mass is 9.67. The molecule has 0 saturated heterocycles. The summed E-state index contributed by atoms with van der Waals surface area (Å²) >= 11 is 0. The van der Waals surface area contributed by atoms with Crippen LogP contribution < -0.4 is 4.74 Å². The van der Waals surface area contributed by atoms with Crippen molar-refractivity contribution in [2.75, 3.05) is 7.11 Å². The van der Waals surface area contributed by atoms with E-state index in [4.69, 9.17) is 4.74 Å². The minimum absolute atomic E-state index is 0.123. The summed E-state index contributed by atoms with van der Waals surface area (Å²) in [5.41, 5.74) is 5.95. The SMILES string of the molecule is CCCc1ccccc1C1=C(C)C(C)(C)c2cc(OC)ccc2C1=O. The number of hydrogen-bond donors (Lipinski definition) is 0. The number of benzene rings is 2. The smallest absolute Gasteiger partial charge is 0.193 e.